The molecular formula is C17H20N3O8P. The van der Waals surface area contributed by atoms with Gasteiger partial charge >= 0.3 is 13.6 Å². The van der Waals surface area contributed by atoms with Crippen LogP contribution in [0.4, 0.5) is 0 Å². The van der Waals surface area contributed by atoms with Gasteiger partial charge in [-0.25, -0.2) is 10.1 Å². The summed E-state index contributed by atoms with van der Waals surface area (Å²) < 4.78 is 35.2. The Bertz CT molecular complexity index is 841. The highest BCUT2D eigenvalue weighted by molar-refractivity contribution is 7.54. The van der Waals surface area contributed by atoms with Crippen LogP contribution in [0.3, 0.4) is 0 Å². The molecule has 0 saturated heterocycles. The van der Waals surface area contributed by atoms with Gasteiger partial charge in [0, 0.05) is 0 Å². The van der Waals surface area contributed by atoms with Crippen molar-refractivity contribution in [3.05, 3.63) is 53.4 Å². The Kier molecular flexibility index (Phi) is 7.81. The van der Waals surface area contributed by atoms with E-state index in [0.29, 0.717) is 0 Å². The number of methoxy groups -OCH3 is 2. The summed E-state index contributed by atoms with van der Waals surface area (Å²) in [6, 6.07) is 12.8. The second kappa shape index (κ2) is 10.3. The number of hydrogen-bond donors (Lipinski definition) is 2. The summed E-state index contributed by atoms with van der Waals surface area (Å²) in [6.07, 6.45) is -0.624. The van der Waals surface area contributed by atoms with Crippen molar-refractivity contribution >= 4 is 13.6 Å². The lowest BCUT2D eigenvalue weighted by atomic mass is 10.3. The zero-order chi connectivity index (χ0) is 21.3. The van der Waals surface area contributed by atoms with Gasteiger partial charge in [0.15, 0.2) is 23.0 Å². The molecule has 2 aromatic carbocycles. The number of hydrogen-bond acceptors (Lipinski definition) is 9. The van der Waals surface area contributed by atoms with Gasteiger partial charge in [-0.15, -0.1) is 4.91 Å². The van der Waals surface area contributed by atoms with E-state index in [1.165, 1.54) is 26.4 Å². The van der Waals surface area contributed by atoms with Crippen LogP contribution in [-0.4, -0.2) is 43.1 Å². The van der Waals surface area contributed by atoms with E-state index in [1.807, 2.05) is 5.53 Å². The van der Waals surface area contributed by atoms with Crippen molar-refractivity contribution in [1.29, 1.82) is 0 Å². The lowest BCUT2D eigenvalue weighted by Gasteiger charge is -2.26. The smallest absolute Gasteiger partial charge is 0.446 e. The Labute approximate surface area is 166 Å². The standard InChI is InChI=1S/C17H20N3O8P/c1-25-13-7-3-5-9-15(13)27-29(24,12-20(18-19-23)11-17(21)22)28-16-10-6-4-8-14(16)26-2/h3-10H,11-12H2,1-2H3,(H,18,23)(H,21,22). The first kappa shape index (κ1) is 22.0. The first-order valence-corrected chi connectivity index (χ1v) is 9.92. The van der Waals surface area contributed by atoms with Gasteiger partial charge in [-0.3, -0.25) is 4.79 Å². The zero-order valence-corrected chi connectivity index (χ0v) is 16.6. The number of nitrogens with zero attached hydrogens (tertiary/aromatic N) is 2. The molecule has 0 heterocycles. The fraction of sp³-hybridized carbons (Fsp3) is 0.235. The van der Waals surface area contributed by atoms with E-state index in [4.69, 9.17) is 23.6 Å². The predicted octanol–water partition coefficient (Wildman–Crippen LogP) is 2.88. The number of aliphatic carboxylic acids is 1. The summed E-state index contributed by atoms with van der Waals surface area (Å²) in [7, 11) is -1.33. The highest BCUT2D eigenvalue weighted by atomic mass is 31.2. The first-order valence-electron chi connectivity index (χ1n) is 8.20. The monoisotopic (exact) mass is 425 g/mol. The molecule has 2 N–H and O–H groups in total. The molecule has 12 heteroatoms. The maximum absolute atomic E-state index is 13.6. The molecule has 2 aromatic rings. The zero-order valence-electron chi connectivity index (χ0n) is 15.7. The van der Waals surface area contributed by atoms with E-state index >= 15 is 0 Å². The summed E-state index contributed by atoms with van der Waals surface area (Å²) in [5, 5.41) is 12.2. The van der Waals surface area contributed by atoms with Gasteiger partial charge in [0.05, 0.1) is 19.5 Å². The third-order valence-corrected chi connectivity index (χ3v) is 5.10. The van der Waals surface area contributed by atoms with Gasteiger partial charge in [-0.05, 0) is 24.3 Å². The summed E-state index contributed by atoms with van der Waals surface area (Å²) in [4.78, 5) is 21.6. The molecule has 0 atom stereocenters. The number of nitroso groups, excluding NO2 is 1. The van der Waals surface area contributed by atoms with Gasteiger partial charge in [-0.1, -0.05) is 24.3 Å². The van der Waals surface area contributed by atoms with Crippen LogP contribution in [0.15, 0.2) is 53.8 Å². The van der Waals surface area contributed by atoms with E-state index in [0.717, 1.165) is 5.01 Å². The van der Waals surface area contributed by atoms with Crippen LogP contribution in [0, 0.1) is 4.91 Å². The Morgan fingerprint density at radius 1 is 1.00 bits per heavy atom. The Morgan fingerprint density at radius 2 is 1.45 bits per heavy atom. The topological polar surface area (TPSA) is 136 Å². The van der Waals surface area contributed by atoms with Crippen molar-refractivity contribution in [2.75, 3.05) is 27.1 Å². The Balaban J connectivity index is 2.41. The quantitative estimate of drug-likeness (QED) is 0.297. The van der Waals surface area contributed by atoms with Crippen LogP contribution in [0.25, 0.3) is 0 Å². The van der Waals surface area contributed by atoms with Crippen LogP contribution in [0.2, 0.25) is 0 Å². The molecule has 0 fully saturated rings. The van der Waals surface area contributed by atoms with E-state index in [1.54, 1.807) is 36.4 Å². The summed E-state index contributed by atoms with van der Waals surface area (Å²) in [5.74, 6) is -0.530. The van der Waals surface area contributed by atoms with E-state index < -0.39 is 26.4 Å². The average molecular weight is 425 g/mol. The van der Waals surface area contributed by atoms with Crippen molar-refractivity contribution in [2.24, 2.45) is 5.29 Å². The van der Waals surface area contributed by atoms with Crippen molar-refractivity contribution in [3.8, 4) is 23.0 Å². The molecule has 0 saturated carbocycles. The maximum atomic E-state index is 13.6. The van der Waals surface area contributed by atoms with Crippen molar-refractivity contribution in [3.63, 3.8) is 0 Å². The highest BCUT2D eigenvalue weighted by Gasteiger charge is 2.34. The van der Waals surface area contributed by atoms with Crippen molar-refractivity contribution in [2.45, 2.75) is 0 Å². The molecular weight excluding hydrogens is 405 g/mol. The van der Waals surface area contributed by atoms with E-state index in [-0.39, 0.29) is 23.0 Å². The Morgan fingerprint density at radius 3 is 1.83 bits per heavy atom. The number of nitrogens with one attached hydrogen (secondary N) is 1. The maximum Gasteiger partial charge on any atom is 0.446 e. The van der Waals surface area contributed by atoms with Gasteiger partial charge in [0.2, 0.25) is 0 Å². The molecule has 0 aliphatic heterocycles. The lowest BCUT2D eigenvalue weighted by molar-refractivity contribution is -0.138. The van der Waals surface area contributed by atoms with E-state index in [2.05, 4.69) is 5.29 Å². The fourth-order valence-electron chi connectivity index (χ4n) is 2.31. The molecule has 0 aromatic heterocycles. The lowest BCUT2D eigenvalue weighted by Crippen LogP contribution is -2.40. The number of para-hydroxylation sites is 4. The van der Waals surface area contributed by atoms with Crippen LogP contribution in [-0.2, 0) is 9.36 Å². The summed E-state index contributed by atoms with van der Waals surface area (Å²) in [5.41, 5.74) is 1.93. The van der Waals surface area contributed by atoms with Crippen molar-refractivity contribution < 1.29 is 33.0 Å². The van der Waals surface area contributed by atoms with E-state index in [9.17, 15) is 14.3 Å². The molecule has 0 unspecified atom stereocenters. The predicted molar refractivity (Wildman–Crippen MR) is 103 cm³/mol. The molecule has 29 heavy (non-hydrogen) atoms. The molecule has 11 nitrogen and oxygen atoms in total. The number of ether oxygens (including phenoxy) is 2. The molecule has 0 amide bonds. The van der Waals surface area contributed by atoms with Gasteiger partial charge in [-0.2, -0.15) is 5.01 Å². The molecule has 2 rings (SSSR count). The molecule has 156 valence electrons. The largest absolute Gasteiger partial charge is 0.493 e. The second-order valence-electron chi connectivity index (χ2n) is 5.52. The van der Waals surface area contributed by atoms with Crippen LogP contribution in [0.1, 0.15) is 0 Å². The van der Waals surface area contributed by atoms with Gasteiger partial charge < -0.3 is 23.6 Å². The Hall–Kier alpha value is -3.30. The number of benzene rings is 2. The minimum Gasteiger partial charge on any atom is -0.493 e. The van der Waals surface area contributed by atoms with Crippen LogP contribution < -0.4 is 24.1 Å². The van der Waals surface area contributed by atoms with Crippen LogP contribution in [0.5, 0.6) is 23.0 Å². The normalized spacial score (nSPS) is 10.9. The molecule has 0 spiro atoms. The van der Waals surface area contributed by atoms with Gasteiger partial charge in [0.25, 0.3) is 0 Å². The average Bonchev–Trinajstić information content (AvgIpc) is 2.68. The molecule has 0 bridgehead atoms. The minimum atomic E-state index is -4.14. The second-order valence-corrected chi connectivity index (χ2v) is 7.39. The number of carboxylic acids is 1. The van der Waals surface area contributed by atoms with Gasteiger partial charge in [0.1, 0.15) is 12.8 Å². The number of carbonyl (C=O) groups is 1. The summed E-state index contributed by atoms with van der Waals surface area (Å²) in [6.45, 7) is -0.694. The van der Waals surface area contributed by atoms with Crippen molar-refractivity contribution in [1.82, 2.24) is 10.5 Å². The minimum absolute atomic E-state index is 0.0996. The molecule has 0 radical (unpaired) electrons. The van der Waals surface area contributed by atoms with Crippen LogP contribution >= 0.6 is 7.60 Å². The number of hydrazine groups is 1. The molecule has 0 aliphatic rings. The molecule has 0 aliphatic carbocycles. The summed E-state index contributed by atoms with van der Waals surface area (Å²) >= 11 is 0. The fourth-order valence-corrected chi connectivity index (χ4v) is 3.95. The highest BCUT2D eigenvalue weighted by Crippen LogP contribution is 2.52. The first-order chi connectivity index (χ1) is 13.9. The number of carboxylic acid groups (broad SMARTS) is 1. The third kappa shape index (κ3) is 6.37. The number of rotatable bonds is 12. The third-order valence-electron chi connectivity index (χ3n) is 3.47. The SMILES string of the molecule is COc1ccccc1OP(=O)(CN(CC(=O)O)NN=O)Oc1ccccc1OC.